The molecule has 2 amide bonds. The second-order valence-electron chi connectivity index (χ2n) is 8.33. The van der Waals surface area contributed by atoms with Crippen molar-refractivity contribution in [2.45, 2.75) is 17.6 Å². The summed E-state index contributed by atoms with van der Waals surface area (Å²) in [7, 11) is -2.30. The third-order valence-corrected chi connectivity index (χ3v) is 10.3. The van der Waals surface area contributed by atoms with Crippen molar-refractivity contribution in [1.29, 1.82) is 0 Å². The Morgan fingerprint density at radius 3 is 2.43 bits per heavy atom. The molecule has 35 heavy (non-hydrogen) atoms. The summed E-state index contributed by atoms with van der Waals surface area (Å²) in [6.07, 6.45) is -0.411. The zero-order valence-corrected chi connectivity index (χ0v) is 20.8. The number of carbonyl (C=O) groups excluding carboxylic acids is 2. The maximum absolute atomic E-state index is 13.7. The van der Waals surface area contributed by atoms with Gasteiger partial charge in [0.05, 0.1) is 19.3 Å². The molecule has 8 nitrogen and oxygen atoms in total. The smallest absolute Gasteiger partial charge is 0.253 e. The van der Waals surface area contributed by atoms with Crippen molar-refractivity contribution in [3.63, 3.8) is 0 Å². The van der Waals surface area contributed by atoms with Crippen molar-refractivity contribution in [3.8, 4) is 16.2 Å². The number of methoxy groups -OCH3 is 1. The number of hydrogen-bond donors (Lipinski definition) is 2. The Balaban J connectivity index is 1.71. The molecule has 3 aromatic rings. The van der Waals surface area contributed by atoms with E-state index < -0.39 is 26.9 Å². The zero-order chi connectivity index (χ0) is 25.1. The van der Waals surface area contributed by atoms with Crippen molar-refractivity contribution >= 4 is 33.0 Å². The first-order chi connectivity index (χ1) is 16.8. The topological polar surface area (TPSA) is 113 Å². The number of nitrogens with zero attached hydrogens (tertiary/aromatic N) is 1. The second-order valence-corrected chi connectivity index (χ2v) is 11.8. The molecule has 0 bridgehead atoms. The number of ether oxygens (including phenoxy) is 1. The van der Waals surface area contributed by atoms with E-state index in [9.17, 15) is 23.2 Å². The number of hydroxylamine groups is 1. The molecule has 1 atom stereocenters. The Morgan fingerprint density at radius 2 is 1.77 bits per heavy atom. The van der Waals surface area contributed by atoms with E-state index in [2.05, 4.69) is 0 Å². The highest BCUT2D eigenvalue weighted by Gasteiger charge is 2.49. The van der Waals surface area contributed by atoms with Crippen LogP contribution in [0.4, 0.5) is 0 Å². The highest BCUT2D eigenvalue weighted by molar-refractivity contribution is 7.92. The monoisotopic (exact) mass is 514 g/mol. The van der Waals surface area contributed by atoms with Crippen LogP contribution in [0.2, 0.25) is 0 Å². The van der Waals surface area contributed by atoms with Crippen LogP contribution in [0.25, 0.3) is 10.4 Å². The molecule has 2 heterocycles. The minimum atomic E-state index is -3.88. The third-order valence-electron chi connectivity index (χ3n) is 6.32. The number of thiophene rings is 1. The highest BCUT2D eigenvalue weighted by atomic mass is 32.2. The van der Waals surface area contributed by atoms with Gasteiger partial charge >= 0.3 is 0 Å². The average Bonchev–Trinajstić information content (AvgIpc) is 3.34. The fraction of sp³-hybridized carbons (Fsp3) is 0.280. The molecule has 184 valence electrons. The predicted molar refractivity (Wildman–Crippen MR) is 133 cm³/mol. The predicted octanol–water partition coefficient (Wildman–Crippen LogP) is 3.48. The number of benzene rings is 2. The molecule has 1 fully saturated rings. The molecule has 1 aliphatic rings. The SMILES string of the molecule is COc1ccc(-c2ccc(C3(CC(=O)NO)CCN(C(=O)c4ccccc4)CCS3(=O)=O)s2)cc1. The molecular weight excluding hydrogens is 488 g/mol. The summed E-state index contributed by atoms with van der Waals surface area (Å²) in [4.78, 5) is 28.2. The Kier molecular flexibility index (Phi) is 7.25. The first kappa shape index (κ1) is 24.9. The molecular formula is C25H26N2O6S2. The van der Waals surface area contributed by atoms with E-state index in [1.54, 1.807) is 49.0 Å². The van der Waals surface area contributed by atoms with Gasteiger partial charge in [-0.1, -0.05) is 18.2 Å². The van der Waals surface area contributed by atoms with Gasteiger partial charge in [0.1, 0.15) is 10.5 Å². The van der Waals surface area contributed by atoms with Gasteiger partial charge in [-0.3, -0.25) is 14.8 Å². The summed E-state index contributed by atoms with van der Waals surface area (Å²) in [5.41, 5.74) is 2.94. The largest absolute Gasteiger partial charge is 0.497 e. The summed E-state index contributed by atoms with van der Waals surface area (Å²) in [6.45, 7) is 0.177. The first-order valence-corrected chi connectivity index (χ1v) is 13.5. The van der Waals surface area contributed by atoms with Gasteiger partial charge in [-0.2, -0.15) is 0 Å². The van der Waals surface area contributed by atoms with E-state index >= 15 is 0 Å². The van der Waals surface area contributed by atoms with Crippen LogP contribution in [0.3, 0.4) is 0 Å². The number of rotatable bonds is 6. The van der Waals surface area contributed by atoms with Crippen molar-refractivity contribution in [2.24, 2.45) is 0 Å². The second kappa shape index (κ2) is 10.2. The summed E-state index contributed by atoms with van der Waals surface area (Å²) < 4.78 is 31.0. The lowest BCUT2D eigenvalue weighted by Gasteiger charge is -2.30. The van der Waals surface area contributed by atoms with Crippen LogP contribution in [-0.4, -0.2) is 56.3 Å². The van der Waals surface area contributed by atoms with Crippen LogP contribution in [0.1, 0.15) is 28.1 Å². The lowest BCUT2D eigenvalue weighted by Crippen LogP contribution is -2.41. The van der Waals surface area contributed by atoms with Crippen molar-refractivity contribution in [1.82, 2.24) is 10.4 Å². The lowest BCUT2D eigenvalue weighted by atomic mass is 9.97. The van der Waals surface area contributed by atoms with Gasteiger partial charge in [0.25, 0.3) is 5.91 Å². The summed E-state index contributed by atoms with van der Waals surface area (Å²) in [5.74, 6) is -0.639. The molecule has 0 spiro atoms. The number of nitrogens with one attached hydrogen (secondary N) is 1. The number of hydrogen-bond acceptors (Lipinski definition) is 7. The number of amides is 2. The fourth-order valence-corrected chi connectivity index (χ4v) is 7.94. The molecule has 2 aromatic carbocycles. The van der Waals surface area contributed by atoms with Crippen LogP contribution < -0.4 is 10.2 Å². The lowest BCUT2D eigenvalue weighted by molar-refractivity contribution is -0.129. The van der Waals surface area contributed by atoms with E-state index in [0.29, 0.717) is 16.2 Å². The summed E-state index contributed by atoms with van der Waals surface area (Å²) in [6, 6.07) is 19.6. The molecule has 0 saturated carbocycles. The Hall–Kier alpha value is -3.21. The van der Waals surface area contributed by atoms with Gasteiger partial charge in [0.2, 0.25) is 5.91 Å². The standard InChI is InChI=1S/C25H26N2O6S2/c1-33-20-9-7-18(8-10-20)21-11-12-22(34-21)25(17-23(28)26-30)13-14-27(15-16-35(25,31)32)24(29)19-5-3-2-4-6-19/h2-12,30H,13-17H2,1H3,(H,26,28). The van der Waals surface area contributed by atoms with E-state index in [0.717, 1.165) is 10.4 Å². The minimum absolute atomic E-state index is 0.0231. The van der Waals surface area contributed by atoms with Crippen LogP contribution in [0, 0.1) is 0 Å². The molecule has 0 aliphatic carbocycles. The maximum atomic E-state index is 13.7. The first-order valence-electron chi connectivity index (χ1n) is 11.0. The molecule has 1 aliphatic heterocycles. The molecule has 1 aromatic heterocycles. The quantitative estimate of drug-likeness (QED) is 0.385. The van der Waals surface area contributed by atoms with Crippen molar-refractivity contribution in [2.75, 3.05) is 26.0 Å². The average molecular weight is 515 g/mol. The molecule has 1 saturated heterocycles. The molecule has 4 rings (SSSR count). The highest BCUT2D eigenvalue weighted by Crippen LogP contribution is 2.45. The van der Waals surface area contributed by atoms with Gasteiger partial charge in [-0.25, -0.2) is 13.9 Å². The van der Waals surface area contributed by atoms with E-state index in [1.165, 1.54) is 16.2 Å². The van der Waals surface area contributed by atoms with Crippen molar-refractivity contribution in [3.05, 3.63) is 77.2 Å². The maximum Gasteiger partial charge on any atom is 0.253 e. The van der Waals surface area contributed by atoms with Gasteiger partial charge in [0.15, 0.2) is 9.84 Å². The number of sulfone groups is 1. The Morgan fingerprint density at radius 1 is 1.06 bits per heavy atom. The van der Waals surface area contributed by atoms with E-state index in [-0.39, 0.29) is 31.2 Å². The van der Waals surface area contributed by atoms with E-state index in [1.807, 2.05) is 30.3 Å². The van der Waals surface area contributed by atoms with Gasteiger partial charge in [-0.05, 0) is 60.5 Å². The van der Waals surface area contributed by atoms with Crippen LogP contribution in [0.5, 0.6) is 5.75 Å². The molecule has 10 heteroatoms. The Bertz CT molecular complexity index is 1310. The van der Waals surface area contributed by atoms with Gasteiger partial charge < -0.3 is 9.64 Å². The van der Waals surface area contributed by atoms with Crippen LogP contribution >= 0.6 is 11.3 Å². The van der Waals surface area contributed by atoms with Crippen molar-refractivity contribution < 1.29 is 28.0 Å². The van der Waals surface area contributed by atoms with Crippen LogP contribution in [-0.2, 0) is 19.4 Å². The van der Waals surface area contributed by atoms with Gasteiger partial charge in [-0.15, -0.1) is 11.3 Å². The van der Waals surface area contributed by atoms with Crippen LogP contribution in [0.15, 0.2) is 66.7 Å². The third kappa shape index (κ3) is 4.95. The summed E-state index contributed by atoms with van der Waals surface area (Å²) in [5, 5.41) is 9.22. The molecule has 0 radical (unpaired) electrons. The molecule has 2 N–H and O–H groups in total. The van der Waals surface area contributed by atoms with Gasteiger partial charge in [0, 0.05) is 28.4 Å². The number of carbonyl (C=O) groups is 2. The van der Waals surface area contributed by atoms with E-state index in [4.69, 9.17) is 4.74 Å². The molecule has 1 unspecified atom stereocenters. The normalized spacial score (nSPS) is 19.5. The minimum Gasteiger partial charge on any atom is -0.497 e. The zero-order valence-electron chi connectivity index (χ0n) is 19.1. The fourth-order valence-electron chi connectivity index (χ4n) is 4.33. The Labute approximate surface area is 208 Å². The summed E-state index contributed by atoms with van der Waals surface area (Å²) >= 11 is 1.29.